The largest absolute Gasteiger partial charge is 0.314 e. The lowest BCUT2D eigenvalue weighted by Gasteiger charge is -2.36. The second-order valence-corrected chi connectivity index (χ2v) is 7.28. The third-order valence-electron chi connectivity index (χ3n) is 5.59. The Morgan fingerprint density at radius 3 is 2.19 bits per heavy atom. The first-order chi connectivity index (χ1) is 13.4. The van der Waals surface area contributed by atoms with Crippen LogP contribution in [0.25, 0.3) is 21.5 Å². The second kappa shape index (κ2) is 7.10. The van der Waals surface area contributed by atoms with E-state index in [1.165, 1.54) is 32.7 Å². The molecule has 1 unspecified atom stereocenters. The van der Waals surface area contributed by atoms with Gasteiger partial charge in [0.25, 0.3) is 0 Å². The third kappa shape index (κ3) is 3.20. The lowest BCUT2D eigenvalue weighted by molar-refractivity contribution is 0.198. The minimum Gasteiger partial charge on any atom is -0.314 e. The topological polar surface area (TPSA) is 28.2 Å². The zero-order chi connectivity index (χ0) is 18.1. The van der Waals surface area contributed by atoms with E-state index in [1.807, 2.05) is 12.4 Å². The van der Waals surface area contributed by atoms with Crippen LogP contribution < -0.4 is 5.32 Å². The maximum absolute atomic E-state index is 4.25. The van der Waals surface area contributed by atoms with Crippen LogP contribution in [0.1, 0.15) is 17.2 Å². The van der Waals surface area contributed by atoms with Gasteiger partial charge in [-0.3, -0.25) is 9.88 Å². The van der Waals surface area contributed by atoms with E-state index in [-0.39, 0.29) is 6.04 Å². The molecule has 0 radical (unpaired) electrons. The van der Waals surface area contributed by atoms with Gasteiger partial charge in [0.05, 0.1) is 6.04 Å². The van der Waals surface area contributed by atoms with Gasteiger partial charge >= 0.3 is 0 Å². The van der Waals surface area contributed by atoms with Gasteiger partial charge < -0.3 is 5.32 Å². The predicted molar refractivity (Wildman–Crippen MR) is 112 cm³/mol. The predicted octanol–water partition coefficient (Wildman–Crippen LogP) is 4.38. The van der Waals surface area contributed by atoms with Gasteiger partial charge in [-0.15, -0.1) is 0 Å². The molecular formula is C24H23N3. The molecule has 1 saturated heterocycles. The lowest BCUT2D eigenvalue weighted by atomic mass is 9.93. The number of nitrogens with one attached hydrogen (secondary N) is 1. The molecule has 1 aliphatic rings. The van der Waals surface area contributed by atoms with Crippen molar-refractivity contribution in [3.8, 4) is 0 Å². The Hall–Kier alpha value is -2.75. The number of benzene rings is 3. The van der Waals surface area contributed by atoms with E-state index < -0.39 is 0 Å². The minimum absolute atomic E-state index is 0.272. The van der Waals surface area contributed by atoms with E-state index in [0.717, 1.165) is 26.2 Å². The SMILES string of the molecule is c1ccc2cc(C(c3ccc4cnccc4c3)N3CCNCC3)ccc2c1. The van der Waals surface area contributed by atoms with E-state index in [2.05, 4.69) is 81.9 Å². The highest BCUT2D eigenvalue weighted by Crippen LogP contribution is 2.32. The molecule has 1 atom stereocenters. The summed E-state index contributed by atoms with van der Waals surface area (Å²) in [5.74, 6) is 0. The van der Waals surface area contributed by atoms with Gasteiger partial charge in [0.2, 0.25) is 0 Å². The number of nitrogens with zero attached hydrogens (tertiary/aromatic N) is 2. The fourth-order valence-electron chi connectivity index (χ4n) is 4.20. The average molecular weight is 353 g/mol. The van der Waals surface area contributed by atoms with Crippen LogP contribution in [-0.2, 0) is 0 Å². The Morgan fingerprint density at radius 2 is 1.41 bits per heavy atom. The van der Waals surface area contributed by atoms with E-state index >= 15 is 0 Å². The summed E-state index contributed by atoms with van der Waals surface area (Å²) in [6, 6.07) is 24.7. The van der Waals surface area contributed by atoms with Crippen molar-refractivity contribution in [2.45, 2.75) is 6.04 Å². The fraction of sp³-hybridized carbons (Fsp3) is 0.208. The van der Waals surface area contributed by atoms with E-state index in [9.17, 15) is 0 Å². The van der Waals surface area contributed by atoms with Crippen LogP contribution >= 0.6 is 0 Å². The Bertz CT molecular complexity index is 1000. The van der Waals surface area contributed by atoms with Crippen molar-refractivity contribution >= 4 is 21.5 Å². The molecule has 0 saturated carbocycles. The molecule has 0 spiro atoms. The lowest BCUT2D eigenvalue weighted by Crippen LogP contribution is -2.45. The van der Waals surface area contributed by atoms with Crippen molar-refractivity contribution in [2.24, 2.45) is 0 Å². The van der Waals surface area contributed by atoms with Gasteiger partial charge in [0.15, 0.2) is 0 Å². The fourth-order valence-corrected chi connectivity index (χ4v) is 4.20. The van der Waals surface area contributed by atoms with Gasteiger partial charge in [-0.25, -0.2) is 0 Å². The Balaban J connectivity index is 1.64. The summed E-state index contributed by atoms with van der Waals surface area (Å²) in [6.07, 6.45) is 3.82. The van der Waals surface area contributed by atoms with Gasteiger partial charge in [0.1, 0.15) is 0 Å². The number of piperazine rings is 1. The number of pyridine rings is 1. The maximum atomic E-state index is 4.25. The first-order valence-electron chi connectivity index (χ1n) is 9.66. The smallest absolute Gasteiger partial charge is 0.0603 e. The van der Waals surface area contributed by atoms with Crippen LogP contribution in [0.3, 0.4) is 0 Å². The molecule has 3 aromatic carbocycles. The zero-order valence-electron chi connectivity index (χ0n) is 15.3. The summed E-state index contributed by atoms with van der Waals surface area (Å²) in [4.78, 5) is 6.85. The summed E-state index contributed by atoms with van der Waals surface area (Å²) < 4.78 is 0. The zero-order valence-corrected chi connectivity index (χ0v) is 15.3. The first kappa shape index (κ1) is 16.4. The first-order valence-corrected chi connectivity index (χ1v) is 9.66. The van der Waals surface area contributed by atoms with Crippen molar-refractivity contribution in [1.82, 2.24) is 15.2 Å². The molecule has 27 heavy (non-hydrogen) atoms. The van der Waals surface area contributed by atoms with Crippen LogP contribution in [0, 0.1) is 0 Å². The summed E-state index contributed by atoms with van der Waals surface area (Å²) >= 11 is 0. The van der Waals surface area contributed by atoms with Crippen molar-refractivity contribution < 1.29 is 0 Å². The number of hydrogen-bond donors (Lipinski definition) is 1. The molecular weight excluding hydrogens is 330 g/mol. The van der Waals surface area contributed by atoms with Crippen LogP contribution in [0.15, 0.2) is 79.1 Å². The molecule has 0 aliphatic carbocycles. The maximum Gasteiger partial charge on any atom is 0.0603 e. The Labute approximate surface area is 159 Å². The molecule has 0 bridgehead atoms. The molecule has 5 rings (SSSR count). The van der Waals surface area contributed by atoms with Gasteiger partial charge in [-0.1, -0.05) is 48.5 Å². The molecule has 134 valence electrons. The molecule has 3 heteroatoms. The number of fused-ring (bicyclic) bond motifs is 2. The quantitative estimate of drug-likeness (QED) is 0.592. The monoisotopic (exact) mass is 353 g/mol. The molecule has 4 aromatic rings. The van der Waals surface area contributed by atoms with Crippen molar-refractivity contribution in [2.75, 3.05) is 26.2 Å². The summed E-state index contributed by atoms with van der Waals surface area (Å²) in [6.45, 7) is 4.21. The normalized spacial score (nSPS) is 16.6. The number of hydrogen-bond acceptors (Lipinski definition) is 3. The van der Waals surface area contributed by atoms with Crippen molar-refractivity contribution in [3.05, 3.63) is 90.3 Å². The van der Waals surface area contributed by atoms with E-state index in [1.54, 1.807) is 0 Å². The van der Waals surface area contributed by atoms with E-state index in [0.29, 0.717) is 0 Å². The molecule has 2 heterocycles. The van der Waals surface area contributed by atoms with Crippen molar-refractivity contribution in [1.29, 1.82) is 0 Å². The van der Waals surface area contributed by atoms with Crippen LogP contribution in [0.5, 0.6) is 0 Å². The molecule has 1 aromatic heterocycles. The molecule has 1 aliphatic heterocycles. The molecule has 3 nitrogen and oxygen atoms in total. The van der Waals surface area contributed by atoms with Gasteiger partial charge in [-0.2, -0.15) is 0 Å². The van der Waals surface area contributed by atoms with Crippen LogP contribution in [0.2, 0.25) is 0 Å². The van der Waals surface area contributed by atoms with Crippen LogP contribution in [0.4, 0.5) is 0 Å². The van der Waals surface area contributed by atoms with Crippen molar-refractivity contribution in [3.63, 3.8) is 0 Å². The summed E-state index contributed by atoms with van der Waals surface area (Å²) in [5, 5.41) is 8.53. The minimum atomic E-state index is 0.272. The molecule has 1 N–H and O–H groups in total. The van der Waals surface area contributed by atoms with E-state index in [4.69, 9.17) is 0 Å². The van der Waals surface area contributed by atoms with Gasteiger partial charge in [0, 0.05) is 44.0 Å². The number of aromatic nitrogens is 1. The summed E-state index contributed by atoms with van der Waals surface area (Å²) in [5.41, 5.74) is 2.72. The molecule has 1 fully saturated rings. The highest BCUT2D eigenvalue weighted by molar-refractivity contribution is 5.84. The third-order valence-corrected chi connectivity index (χ3v) is 5.59. The highest BCUT2D eigenvalue weighted by Gasteiger charge is 2.24. The number of rotatable bonds is 3. The Morgan fingerprint density at radius 1 is 0.741 bits per heavy atom. The average Bonchev–Trinajstić information content (AvgIpc) is 2.74. The highest BCUT2D eigenvalue weighted by atomic mass is 15.2. The second-order valence-electron chi connectivity index (χ2n) is 7.28. The van der Waals surface area contributed by atoms with Gasteiger partial charge in [-0.05, 0) is 45.5 Å². The Kier molecular flexibility index (Phi) is 4.32. The van der Waals surface area contributed by atoms with Crippen LogP contribution in [-0.4, -0.2) is 36.1 Å². The summed E-state index contributed by atoms with van der Waals surface area (Å²) in [7, 11) is 0. The standard InChI is InChI=1S/C24H23N3/c1-2-4-19-15-21(6-5-18(19)3-1)24(27-13-11-25-12-14-27)22-7-8-23-17-26-10-9-20(23)16-22/h1-10,15-17,24-25H,11-14H2. The molecule has 0 amide bonds.